The van der Waals surface area contributed by atoms with Crippen molar-refractivity contribution in [1.29, 1.82) is 0 Å². The van der Waals surface area contributed by atoms with E-state index in [9.17, 15) is 0 Å². The van der Waals surface area contributed by atoms with Crippen LogP contribution in [0.4, 0.5) is 0 Å². The van der Waals surface area contributed by atoms with Gasteiger partial charge in [-0.05, 0) is 37.0 Å². The van der Waals surface area contributed by atoms with Crippen LogP contribution in [0.25, 0.3) is 0 Å². The monoisotopic (exact) mass is 247 g/mol. The molecular weight excluding hydrogens is 222 g/mol. The SMILES string of the molecule is CC(C)C1CN(CCc2ccncc2)C(C)CN1. The van der Waals surface area contributed by atoms with Crippen LogP contribution in [0.5, 0.6) is 0 Å². The molecule has 1 aliphatic heterocycles. The van der Waals surface area contributed by atoms with Crippen molar-refractivity contribution in [2.24, 2.45) is 5.92 Å². The molecule has 2 heterocycles. The Labute approximate surface area is 111 Å². The van der Waals surface area contributed by atoms with Crippen molar-refractivity contribution in [2.45, 2.75) is 39.3 Å². The fourth-order valence-corrected chi connectivity index (χ4v) is 2.53. The number of hydrogen-bond acceptors (Lipinski definition) is 3. The van der Waals surface area contributed by atoms with E-state index in [1.807, 2.05) is 12.4 Å². The minimum Gasteiger partial charge on any atom is -0.311 e. The summed E-state index contributed by atoms with van der Waals surface area (Å²) in [5.74, 6) is 0.709. The smallest absolute Gasteiger partial charge is 0.0270 e. The summed E-state index contributed by atoms with van der Waals surface area (Å²) < 4.78 is 0. The maximum absolute atomic E-state index is 4.07. The Morgan fingerprint density at radius 1 is 1.39 bits per heavy atom. The zero-order valence-electron chi connectivity index (χ0n) is 11.8. The lowest BCUT2D eigenvalue weighted by atomic mass is 9.99. The maximum atomic E-state index is 4.07. The van der Waals surface area contributed by atoms with Crippen molar-refractivity contribution in [2.75, 3.05) is 19.6 Å². The normalized spacial score (nSPS) is 25.6. The molecule has 0 spiro atoms. The van der Waals surface area contributed by atoms with Crippen LogP contribution in [0.15, 0.2) is 24.5 Å². The average molecular weight is 247 g/mol. The number of piperazine rings is 1. The first kappa shape index (κ1) is 13.5. The van der Waals surface area contributed by atoms with E-state index in [4.69, 9.17) is 0 Å². The van der Waals surface area contributed by atoms with Gasteiger partial charge in [-0.25, -0.2) is 0 Å². The van der Waals surface area contributed by atoms with Crippen LogP contribution < -0.4 is 5.32 Å². The quantitative estimate of drug-likeness (QED) is 0.881. The molecule has 18 heavy (non-hydrogen) atoms. The summed E-state index contributed by atoms with van der Waals surface area (Å²) >= 11 is 0. The molecule has 100 valence electrons. The standard InChI is InChI=1S/C15H25N3/c1-12(2)15-11-18(13(3)10-17-15)9-6-14-4-7-16-8-5-14/h4-5,7-8,12-13,15,17H,6,9-11H2,1-3H3. The molecule has 1 aromatic rings. The van der Waals surface area contributed by atoms with E-state index < -0.39 is 0 Å². The van der Waals surface area contributed by atoms with Gasteiger partial charge in [0.25, 0.3) is 0 Å². The Balaban J connectivity index is 1.87. The van der Waals surface area contributed by atoms with Crippen LogP contribution >= 0.6 is 0 Å². The highest BCUT2D eigenvalue weighted by molar-refractivity contribution is 5.10. The number of nitrogens with zero attached hydrogens (tertiary/aromatic N) is 2. The number of rotatable bonds is 4. The third-order valence-corrected chi connectivity index (χ3v) is 3.97. The molecule has 0 amide bonds. The average Bonchev–Trinajstić information content (AvgIpc) is 2.38. The summed E-state index contributed by atoms with van der Waals surface area (Å²) in [4.78, 5) is 6.68. The van der Waals surface area contributed by atoms with Crippen molar-refractivity contribution in [3.05, 3.63) is 30.1 Å². The van der Waals surface area contributed by atoms with Gasteiger partial charge in [0.2, 0.25) is 0 Å². The molecule has 2 rings (SSSR count). The highest BCUT2D eigenvalue weighted by atomic mass is 15.2. The van der Waals surface area contributed by atoms with Crippen molar-refractivity contribution >= 4 is 0 Å². The van der Waals surface area contributed by atoms with E-state index in [-0.39, 0.29) is 0 Å². The van der Waals surface area contributed by atoms with E-state index in [0.29, 0.717) is 18.0 Å². The van der Waals surface area contributed by atoms with Gasteiger partial charge in [-0.15, -0.1) is 0 Å². The van der Waals surface area contributed by atoms with Gasteiger partial charge < -0.3 is 5.32 Å². The second-order valence-corrected chi connectivity index (χ2v) is 5.71. The van der Waals surface area contributed by atoms with Gasteiger partial charge in [0.1, 0.15) is 0 Å². The molecule has 0 bridgehead atoms. The molecule has 1 N–H and O–H groups in total. The summed E-state index contributed by atoms with van der Waals surface area (Å²) in [5, 5.41) is 3.64. The largest absolute Gasteiger partial charge is 0.311 e. The Bertz CT molecular complexity index is 350. The van der Waals surface area contributed by atoms with E-state index in [1.54, 1.807) is 0 Å². The zero-order chi connectivity index (χ0) is 13.0. The molecule has 0 aromatic carbocycles. The van der Waals surface area contributed by atoms with Crippen LogP contribution in [0.2, 0.25) is 0 Å². The van der Waals surface area contributed by atoms with Crippen LogP contribution in [0, 0.1) is 5.92 Å². The number of nitrogens with one attached hydrogen (secondary N) is 1. The van der Waals surface area contributed by atoms with Gasteiger partial charge >= 0.3 is 0 Å². The lowest BCUT2D eigenvalue weighted by Gasteiger charge is -2.40. The molecule has 2 atom stereocenters. The summed E-state index contributed by atoms with van der Waals surface area (Å²) in [6.45, 7) is 10.3. The maximum Gasteiger partial charge on any atom is 0.0270 e. The first-order chi connectivity index (χ1) is 8.66. The van der Waals surface area contributed by atoms with Gasteiger partial charge in [0.05, 0.1) is 0 Å². The van der Waals surface area contributed by atoms with Gasteiger partial charge in [0, 0.05) is 44.1 Å². The minimum atomic E-state index is 0.638. The Hall–Kier alpha value is -0.930. The number of aromatic nitrogens is 1. The van der Waals surface area contributed by atoms with Gasteiger partial charge in [-0.3, -0.25) is 9.88 Å². The second-order valence-electron chi connectivity index (χ2n) is 5.71. The molecule has 3 nitrogen and oxygen atoms in total. The Morgan fingerprint density at radius 3 is 2.78 bits per heavy atom. The van der Waals surface area contributed by atoms with Crippen molar-refractivity contribution in [3.63, 3.8) is 0 Å². The highest BCUT2D eigenvalue weighted by Crippen LogP contribution is 2.13. The van der Waals surface area contributed by atoms with Crippen molar-refractivity contribution < 1.29 is 0 Å². The predicted octanol–water partition coefficient (Wildman–Crippen LogP) is 1.94. The van der Waals surface area contributed by atoms with Gasteiger partial charge in [-0.2, -0.15) is 0 Å². The van der Waals surface area contributed by atoms with Crippen LogP contribution in [0.1, 0.15) is 26.3 Å². The molecular formula is C15H25N3. The van der Waals surface area contributed by atoms with Crippen LogP contribution in [-0.4, -0.2) is 41.6 Å². The topological polar surface area (TPSA) is 28.2 Å². The van der Waals surface area contributed by atoms with E-state index in [0.717, 1.165) is 19.5 Å². The molecule has 2 unspecified atom stereocenters. The molecule has 0 radical (unpaired) electrons. The summed E-state index contributed by atoms with van der Waals surface area (Å²) in [5.41, 5.74) is 1.39. The molecule has 1 aliphatic rings. The minimum absolute atomic E-state index is 0.638. The van der Waals surface area contributed by atoms with Crippen molar-refractivity contribution in [3.8, 4) is 0 Å². The van der Waals surface area contributed by atoms with Crippen molar-refractivity contribution in [1.82, 2.24) is 15.2 Å². The third-order valence-electron chi connectivity index (χ3n) is 3.97. The first-order valence-electron chi connectivity index (χ1n) is 7.03. The van der Waals surface area contributed by atoms with Gasteiger partial charge in [-0.1, -0.05) is 13.8 Å². The number of hydrogen-bond donors (Lipinski definition) is 1. The summed E-state index contributed by atoms with van der Waals surface area (Å²) in [6, 6.07) is 5.51. The van der Waals surface area contributed by atoms with E-state index >= 15 is 0 Å². The molecule has 3 heteroatoms. The molecule has 1 fully saturated rings. The van der Waals surface area contributed by atoms with Crippen LogP contribution in [-0.2, 0) is 6.42 Å². The zero-order valence-corrected chi connectivity index (χ0v) is 11.8. The Morgan fingerprint density at radius 2 is 2.11 bits per heavy atom. The summed E-state index contributed by atoms with van der Waals surface area (Å²) in [7, 11) is 0. The predicted molar refractivity (Wildman–Crippen MR) is 75.6 cm³/mol. The molecule has 1 saturated heterocycles. The van der Waals surface area contributed by atoms with E-state index in [2.05, 4.69) is 48.1 Å². The Kier molecular flexibility index (Phi) is 4.72. The fraction of sp³-hybridized carbons (Fsp3) is 0.667. The molecule has 1 aromatic heterocycles. The second kappa shape index (κ2) is 6.30. The van der Waals surface area contributed by atoms with Gasteiger partial charge in [0.15, 0.2) is 0 Å². The molecule has 0 aliphatic carbocycles. The first-order valence-corrected chi connectivity index (χ1v) is 7.03. The number of pyridine rings is 1. The van der Waals surface area contributed by atoms with Crippen LogP contribution in [0.3, 0.4) is 0 Å². The third kappa shape index (κ3) is 3.53. The summed E-state index contributed by atoms with van der Waals surface area (Å²) in [6.07, 6.45) is 4.89. The lowest BCUT2D eigenvalue weighted by molar-refractivity contribution is 0.124. The van der Waals surface area contributed by atoms with E-state index in [1.165, 1.54) is 12.1 Å². The fourth-order valence-electron chi connectivity index (χ4n) is 2.53. The molecule has 0 saturated carbocycles. The highest BCUT2D eigenvalue weighted by Gasteiger charge is 2.26. The lowest BCUT2D eigenvalue weighted by Crippen LogP contribution is -2.57.